The number of hydrogen-bond donors (Lipinski definition) is 1. The second kappa shape index (κ2) is 9.45. The summed E-state index contributed by atoms with van der Waals surface area (Å²) in [6, 6.07) is 21.2. The molecule has 0 radical (unpaired) electrons. The van der Waals surface area contributed by atoms with E-state index in [4.69, 9.17) is 0 Å². The minimum atomic E-state index is 0.900. The molecular formula is C19H24N2Se. The van der Waals surface area contributed by atoms with Crippen LogP contribution in [-0.4, -0.2) is 31.7 Å². The van der Waals surface area contributed by atoms with Crippen molar-refractivity contribution in [1.82, 2.24) is 10.2 Å². The van der Waals surface area contributed by atoms with E-state index in [1.807, 2.05) is 0 Å². The van der Waals surface area contributed by atoms with E-state index in [0.29, 0.717) is 0 Å². The molecule has 0 heterocycles. The maximum atomic E-state index is 3.51. The summed E-state index contributed by atoms with van der Waals surface area (Å²) in [4.78, 5) is 2.36. The summed E-state index contributed by atoms with van der Waals surface area (Å²) < 4.78 is 1.13. The van der Waals surface area contributed by atoms with Gasteiger partial charge in [0.15, 0.2) is 0 Å². The van der Waals surface area contributed by atoms with Crippen molar-refractivity contribution in [2.45, 2.75) is 32.9 Å². The van der Waals surface area contributed by atoms with Crippen molar-refractivity contribution in [3.05, 3.63) is 71.8 Å². The van der Waals surface area contributed by atoms with Gasteiger partial charge in [-0.1, -0.05) is 0 Å². The summed E-state index contributed by atoms with van der Waals surface area (Å²) in [5, 5.41) is 3.51. The van der Waals surface area contributed by atoms with Gasteiger partial charge in [0.05, 0.1) is 0 Å². The Morgan fingerprint density at radius 2 is 1.41 bits per heavy atom. The quantitative estimate of drug-likeness (QED) is 0.546. The fourth-order valence-electron chi connectivity index (χ4n) is 2.29. The summed E-state index contributed by atoms with van der Waals surface area (Å²) in [5.74, 6) is 0. The van der Waals surface area contributed by atoms with Crippen LogP contribution in [0.2, 0.25) is 0 Å². The monoisotopic (exact) mass is 360 g/mol. The van der Waals surface area contributed by atoms with E-state index in [9.17, 15) is 0 Å². The summed E-state index contributed by atoms with van der Waals surface area (Å²) in [6.07, 6.45) is 2.40. The summed E-state index contributed by atoms with van der Waals surface area (Å²) in [7, 11) is 0. The summed E-state index contributed by atoms with van der Waals surface area (Å²) >= 11 is 3.21. The van der Waals surface area contributed by atoms with Gasteiger partial charge in [-0.15, -0.1) is 0 Å². The van der Waals surface area contributed by atoms with Crippen molar-refractivity contribution >= 4 is 20.2 Å². The zero-order valence-corrected chi connectivity index (χ0v) is 14.9. The second-order valence-corrected chi connectivity index (χ2v) is 6.22. The number of hydrogen-bond acceptors (Lipinski definition) is 2. The van der Waals surface area contributed by atoms with E-state index in [0.717, 1.165) is 24.3 Å². The average Bonchev–Trinajstić information content (AvgIpc) is 2.56. The van der Waals surface area contributed by atoms with E-state index in [-0.39, 0.29) is 0 Å². The molecule has 0 unspecified atom stereocenters. The number of nitrogens with one attached hydrogen (secondary N) is 1. The first kappa shape index (κ1) is 16.8. The second-order valence-electron chi connectivity index (χ2n) is 5.41. The van der Waals surface area contributed by atoms with Crippen LogP contribution in [0.15, 0.2) is 60.7 Å². The Balaban J connectivity index is 2.04. The van der Waals surface area contributed by atoms with Crippen LogP contribution in [-0.2, 0) is 13.1 Å². The molecule has 0 aliphatic heterocycles. The van der Waals surface area contributed by atoms with Crippen LogP contribution in [0.25, 0.3) is 0 Å². The third-order valence-electron chi connectivity index (χ3n) is 3.53. The van der Waals surface area contributed by atoms with Gasteiger partial charge in [0.25, 0.3) is 0 Å². The van der Waals surface area contributed by atoms with E-state index >= 15 is 0 Å². The van der Waals surface area contributed by atoms with Crippen LogP contribution in [0.1, 0.15) is 30.9 Å². The Morgan fingerprint density at radius 1 is 0.909 bits per heavy atom. The van der Waals surface area contributed by atoms with Crippen molar-refractivity contribution < 1.29 is 0 Å². The van der Waals surface area contributed by atoms with Gasteiger partial charge in [-0.25, -0.2) is 0 Å². The molecule has 2 nitrogen and oxygen atoms in total. The molecule has 2 rings (SSSR count). The minimum absolute atomic E-state index is 0.900. The van der Waals surface area contributed by atoms with Crippen LogP contribution >= 0.6 is 0 Å². The molecule has 0 aromatic heterocycles. The molecule has 0 saturated heterocycles. The van der Waals surface area contributed by atoms with Crippen LogP contribution in [0.5, 0.6) is 0 Å². The predicted octanol–water partition coefficient (Wildman–Crippen LogP) is 3.33. The van der Waals surface area contributed by atoms with E-state index in [2.05, 4.69) is 93.4 Å². The van der Waals surface area contributed by atoms with Gasteiger partial charge in [0, 0.05) is 0 Å². The van der Waals surface area contributed by atoms with Crippen molar-refractivity contribution in [1.29, 1.82) is 0 Å². The van der Waals surface area contributed by atoms with E-state index in [1.54, 1.807) is 0 Å². The molecule has 0 amide bonds. The van der Waals surface area contributed by atoms with Gasteiger partial charge in [0.2, 0.25) is 0 Å². The molecule has 0 atom stereocenters. The van der Waals surface area contributed by atoms with E-state index in [1.165, 1.54) is 24.0 Å². The molecule has 3 heteroatoms. The first-order valence-corrected chi connectivity index (χ1v) is 8.76. The number of unbranched alkanes of at least 4 members (excludes halogenated alkanes) is 1. The molecule has 2 aromatic rings. The Morgan fingerprint density at radius 3 is 1.86 bits per heavy atom. The maximum absolute atomic E-state index is 3.51. The topological polar surface area (TPSA) is 15.3 Å². The zero-order valence-electron chi connectivity index (χ0n) is 13.2. The third kappa shape index (κ3) is 5.67. The SMILES string of the molecule is CCCCNC(=[Se])N(Cc1ccccc1)Cc1ccccc1. The van der Waals surface area contributed by atoms with Gasteiger partial charge < -0.3 is 0 Å². The van der Waals surface area contributed by atoms with Crippen LogP contribution < -0.4 is 5.32 Å². The van der Waals surface area contributed by atoms with Crippen LogP contribution in [0, 0.1) is 0 Å². The van der Waals surface area contributed by atoms with Crippen molar-refractivity contribution in [3.8, 4) is 0 Å². The van der Waals surface area contributed by atoms with Gasteiger partial charge in [-0.3, -0.25) is 0 Å². The van der Waals surface area contributed by atoms with Gasteiger partial charge in [0.1, 0.15) is 0 Å². The standard InChI is InChI=1S/C19H24N2Se/c1-2-3-14-20-19(22)21(15-17-10-6-4-7-11-17)16-18-12-8-5-9-13-18/h4-13H,2-3,14-16H2,1H3,(H,20,22). The van der Waals surface area contributed by atoms with Crippen LogP contribution in [0.4, 0.5) is 0 Å². The van der Waals surface area contributed by atoms with Crippen molar-refractivity contribution in [3.63, 3.8) is 0 Å². The molecule has 116 valence electrons. The average molecular weight is 359 g/mol. The molecule has 0 bridgehead atoms. The number of benzene rings is 2. The molecule has 0 saturated carbocycles. The van der Waals surface area contributed by atoms with Crippen molar-refractivity contribution in [2.24, 2.45) is 0 Å². The third-order valence-corrected chi connectivity index (χ3v) is 4.37. The van der Waals surface area contributed by atoms with Gasteiger partial charge in [-0.05, 0) is 0 Å². The predicted molar refractivity (Wildman–Crippen MR) is 95.8 cm³/mol. The van der Waals surface area contributed by atoms with E-state index < -0.39 is 0 Å². The summed E-state index contributed by atoms with van der Waals surface area (Å²) in [5.41, 5.74) is 2.65. The Kier molecular flexibility index (Phi) is 7.21. The molecule has 0 fully saturated rings. The molecular weight excluding hydrogens is 335 g/mol. The fraction of sp³-hybridized carbons (Fsp3) is 0.316. The van der Waals surface area contributed by atoms with Crippen LogP contribution in [0.3, 0.4) is 0 Å². The molecule has 1 N–H and O–H groups in total. The molecule has 0 aliphatic rings. The Labute approximate surface area is 141 Å². The molecule has 0 aliphatic carbocycles. The Hall–Kier alpha value is -1.57. The number of rotatable bonds is 9. The first-order chi connectivity index (χ1) is 10.8. The molecule has 0 spiro atoms. The Bertz CT molecular complexity index is 513. The normalized spacial score (nSPS) is 10.2. The number of nitrogens with zero attached hydrogens (tertiary/aromatic N) is 1. The zero-order chi connectivity index (χ0) is 15.6. The van der Waals surface area contributed by atoms with Gasteiger partial charge >= 0.3 is 142 Å². The summed E-state index contributed by atoms with van der Waals surface area (Å²) in [6.45, 7) is 5.03. The first-order valence-electron chi connectivity index (χ1n) is 7.90. The fourth-order valence-corrected chi connectivity index (χ4v) is 2.78. The van der Waals surface area contributed by atoms with Gasteiger partial charge in [-0.2, -0.15) is 0 Å². The molecule has 22 heavy (non-hydrogen) atoms. The molecule has 2 aromatic carbocycles. The van der Waals surface area contributed by atoms with Crippen molar-refractivity contribution in [2.75, 3.05) is 6.54 Å².